The van der Waals surface area contributed by atoms with Gasteiger partial charge in [-0.3, -0.25) is 9.89 Å². The lowest BCUT2D eigenvalue weighted by Crippen LogP contribution is -2.44. The molecule has 1 saturated carbocycles. The Kier molecular flexibility index (Phi) is 11.0. The summed E-state index contributed by atoms with van der Waals surface area (Å²) in [6, 6.07) is 1.17. The largest absolute Gasteiger partial charge is 0.357 e. The molecule has 1 aliphatic carbocycles. The van der Waals surface area contributed by atoms with E-state index in [0.717, 1.165) is 24.3 Å². The van der Waals surface area contributed by atoms with Crippen molar-refractivity contribution in [2.75, 3.05) is 32.4 Å². The molecule has 142 valence electrons. The second-order valence-corrected chi connectivity index (χ2v) is 8.42. The summed E-state index contributed by atoms with van der Waals surface area (Å²) in [5.41, 5.74) is 0. The molecule has 3 unspecified atom stereocenters. The monoisotopic (exact) mass is 468 g/mol. The summed E-state index contributed by atoms with van der Waals surface area (Å²) < 4.78 is 0. The molecule has 4 nitrogen and oxygen atoms in total. The van der Waals surface area contributed by atoms with Gasteiger partial charge in [0.15, 0.2) is 5.96 Å². The molecule has 0 spiro atoms. The highest BCUT2D eigenvalue weighted by Gasteiger charge is 2.26. The minimum absolute atomic E-state index is 0. The molecular formula is C18H37IN4S. The molecule has 24 heavy (non-hydrogen) atoms. The van der Waals surface area contributed by atoms with Gasteiger partial charge in [-0.25, -0.2) is 0 Å². The molecule has 1 heterocycles. The number of guanidine groups is 1. The van der Waals surface area contributed by atoms with E-state index in [1.807, 2.05) is 11.8 Å². The number of thioether (sulfide) groups is 1. The van der Waals surface area contributed by atoms with Gasteiger partial charge >= 0.3 is 0 Å². The number of hydrogen-bond donors (Lipinski definition) is 2. The van der Waals surface area contributed by atoms with E-state index >= 15 is 0 Å². The number of halogens is 1. The molecule has 0 aromatic carbocycles. The third-order valence-electron chi connectivity index (χ3n) is 5.22. The van der Waals surface area contributed by atoms with Gasteiger partial charge in [-0.05, 0) is 64.3 Å². The highest BCUT2D eigenvalue weighted by Crippen LogP contribution is 2.28. The average molecular weight is 468 g/mol. The Hall–Kier alpha value is 0.310. The van der Waals surface area contributed by atoms with E-state index in [0.29, 0.717) is 18.0 Å². The number of nitrogens with zero attached hydrogens (tertiary/aromatic N) is 2. The van der Waals surface area contributed by atoms with Crippen molar-refractivity contribution < 1.29 is 0 Å². The van der Waals surface area contributed by atoms with Crippen LogP contribution in [-0.4, -0.2) is 60.6 Å². The Morgan fingerprint density at radius 1 is 1.25 bits per heavy atom. The fourth-order valence-electron chi connectivity index (χ4n) is 3.80. The topological polar surface area (TPSA) is 39.7 Å². The zero-order valence-corrected chi connectivity index (χ0v) is 19.0. The van der Waals surface area contributed by atoms with Crippen molar-refractivity contribution in [3.8, 4) is 0 Å². The molecular weight excluding hydrogens is 431 g/mol. The van der Waals surface area contributed by atoms with E-state index in [1.54, 1.807) is 0 Å². The van der Waals surface area contributed by atoms with Crippen LogP contribution in [0.25, 0.3) is 0 Å². The fraction of sp³-hybridized carbons (Fsp3) is 0.944. The van der Waals surface area contributed by atoms with Crippen LogP contribution in [0.5, 0.6) is 0 Å². The molecule has 2 N–H and O–H groups in total. The van der Waals surface area contributed by atoms with E-state index in [9.17, 15) is 0 Å². The third kappa shape index (κ3) is 6.90. The van der Waals surface area contributed by atoms with Crippen LogP contribution in [0.1, 0.15) is 52.9 Å². The van der Waals surface area contributed by atoms with Gasteiger partial charge in [0.1, 0.15) is 0 Å². The van der Waals surface area contributed by atoms with Crippen molar-refractivity contribution >= 4 is 41.7 Å². The molecule has 6 heteroatoms. The molecule has 0 radical (unpaired) electrons. The summed E-state index contributed by atoms with van der Waals surface area (Å²) >= 11 is 2.01. The lowest BCUT2D eigenvalue weighted by molar-refractivity contribution is 0.197. The quantitative estimate of drug-likeness (QED) is 0.341. The zero-order valence-electron chi connectivity index (χ0n) is 15.9. The van der Waals surface area contributed by atoms with Gasteiger partial charge in [0.05, 0.1) is 6.54 Å². The third-order valence-corrected chi connectivity index (χ3v) is 6.31. The SMILES string of the molecule is CCNC(=NCC(C(C)C)N1CCCC1)NC1CCC(SC)C1.I. The van der Waals surface area contributed by atoms with E-state index in [-0.39, 0.29) is 24.0 Å². The Balaban J connectivity index is 0.00000288. The first-order chi connectivity index (χ1) is 11.1. The maximum Gasteiger partial charge on any atom is 0.191 e. The Labute approximate surface area is 170 Å². The molecule has 0 aromatic rings. The number of likely N-dealkylation sites (tertiary alicyclic amines) is 1. The van der Waals surface area contributed by atoms with Gasteiger partial charge in [0.2, 0.25) is 0 Å². The van der Waals surface area contributed by atoms with Crippen LogP contribution in [0.4, 0.5) is 0 Å². The van der Waals surface area contributed by atoms with Crippen LogP contribution in [-0.2, 0) is 0 Å². The number of aliphatic imine (C=N–C) groups is 1. The molecule has 3 atom stereocenters. The van der Waals surface area contributed by atoms with Gasteiger partial charge in [-0.2, -0.15) is 11.8 Å². The Morgan fingerprint density at radius 3 is 2.50 bits per heavy atom. The number of rotatable bonds is 7. The van der Waals surface area contributed by atoms with Crippen LogP contribution < -0.4 is 10.6 Å². The minimum atomic E-state index is 0. The van der Waals surface area contributed by atoms with E-state index < -0.39 is 0 Å². The van der Waals surface area contributed by atoms with Crippen LogP contribution in [0, 0.1) is 5.92 Å². The van der Waals surface area contributed by atoms with E-state index in [1.165, 1.54) is 45.2 Å². The summed E-state index contributed by atoms with van der Waals surface area (Å²) in [5.74, 6) is 1.68. The maximum atomic E-state index is 4.94. The van der Waals surface area contributed by atoms with E-state index in [2.05, 4.69) is 42.6 Å². The molecule has 0 bridgehead atoms. The van der Waals surface area contributed by atoms with Crippen molar-refractivity contribution in [1.29, 1.82) is 0 Å². The summed E-state index contributed by atoms with van der Waals surface area (Å²) in [5, 5.41) is 7.94. The van der Waals surface area contributed by atoms with E-state index in [4.69, 9.17) is 4.99 Å². The molecule has 2 rings (SSSR count). The average Bonchev–Trinajstić information content (AvgIpc) is 3.18. The second kappa shape index (κ2) is 11.8. The summed E-state index contributed by atoms with van der Waals surface area (Å²) in [4.78, 5) is 7.58. The van der Waals surface area contributed by atoms with Crippen molar-refractivity contribution in [1.82, 2.24) is 15.5 Å². The van der Waals surface area contributed by atoms with Crippen molar-refractivity contribution in [3.05, 3.63) is 0 Å². The first-order valence-electron chi connectivity index (χ1n) is 9.45. The van der Waals surface area contributed by atoms with Crippen molar-refractivity contribution in [2.45, 2.75) is 70.2 Å². The fourth-order valence-corrected chi connectivity index (χ4v) is 4.60. The molecule has 0 amide bonds. The first kappa shape index (κ1) is 22.4. The number of hydrogen-bond acceptors (Lipinski definition) is 3. The first-order valence-corrected chi connectivity index (χ1v) is 10.7. The molecule has 1 saturated heterocycles. The summed E-state index contributed by atoms with van der Waals surface area (Å²) in [6.07, 6.45) is 8.81. The van der Waals surface area contributed by atoms with Crippen molar-refractivity contribution in [3.63, 3.8) is 0 Å². The second-order valence-electron chi connectivity index (χ2n) is 7.29. The predicted octanol–water partition coefficient (Wildman–Crippen LogP) is 3.56. The molecule has 0 aromatic heterocycles. The lowest BCUT2D eigenvalue weighted by atomic mass is 10.0. The van der Waals surface area contributed by atoms with Gasteiger partial charge in [0.25, 0.3) is 0 Å². The Morgan fingerprint density at radius 2 is 1.96 bits per heavy atom. The van der Waals surface area contributed by atoms with Crippen LogP contribution in [0.15, 0.2) is 4.99 Å². The lowest BCUT2D eigenvalue weighted by Gasteiger charge is -2.30. The minimum Gasteiger partial charge on any atom is -0.357 e. The Bertz CT molecular complexity index is 372. The van der Waals surface area contributed by atoms with Gasteiger partial charge in [-0.15, -0.1) is 24.0 Å². The maximum absolute atomic E-state index is 4.94. The van der Waals surface area contributed by atoms with Gasteiger partial charge in [0, 0.05) is 23.9 Å². The zero-order chi connectivity index (χ0) is 16.7. The van der Waals surface area contributed by atoms with Gasteiger partial charge in [-0.1, -0.05) is 13.8 Å². The normalized spacial score (nSPS) is 26.5. The number of nitrogens with one attached hydrogen (secondary N) is 2. The van der Waals surface area contributed by atoms with Crippen LogP contribution in [0.2, 0.25) is 0 Å². The highest BCUT2D eigenvalue weighted by atomic mass is 127. The van der Waals surface area contributed by atoms with Crippen LogP contribution >= 0.6 is 35.7 Å². The highest BCUT2D eigenvalue weighted by molar-refractivity contribution is 14.0. The standard InChI is InChI=1S/C18H36N4S.HI/c1-5-19-18(21-15-8-9-16(12-15)23-4)20-13-17(14(2)3)22-10-6-7-11-22;/h14-17H,5-13H2,1-4H3,(H2,19,20,21);1H. The van der Waals surface area contributed by atoms with Crippen LogP contribution in [0.3, 0.4) is 0 Å². The summed E-state index contributed by atoms with van der Waals surface area (Å²) in [7, 11) is 0. The van der Waals surface area contributed by atoms with Crippen molar-refractivity contribution in [2.24, 2.45) is 10.9 Å². The predicted molar refractivity (Wildman–Crippen MR) is 119 cm³/mol. The summed E-state index contributed by atoms with van der Waals surface area (Å²) in [6.45, 7) is 11.2. The molecule has 2 aliphatic rings. The van der Waals surface area contributed by atoms with Gasteiger partial charge < -0.3 is 10.6 Å². The smallest absolute Gasteiger partial charge is 0.191 e. The molecule has 1 aliphatic heterocycles. The molecule has 2 fully saturated rings.